The number of hydrogen-bond donors (Lipinski definition) is 1. The molecule has 0 unspecified atom stereocenters. The molecule has 0 spiro atoms. The minimum Gasteiger partial charge on any atom is -0.494 e. The Balaban J connectivity index is 1.55. The number of para-hydroxylation sites is 1. The monoisotopic (exact) mass is 342 g/mol. The number of fused-ring (bicyclic) bond motifs is 1. The molecule has 6 heteroatoms. The van der Waals surface area contributed by atoms with Crippen LogP contribution in [0, 0.1) is 0 Å². The molecule has 124 valence electrons. The summed E-state index contributed by atoms with van der Waals surface area (Å²) in [6.07, 6.45) is 0.273. The predicted octanol–water partition coefficient (Wildman–Crippen LogP) is 4.10. The first-order chi connectivity index (χ1) is 11.7. The van der Waals surface area contributed by atoms with Crippen LogP contribution in [0.4, 0.5) is 5.13 Å². The van der Waals surface area contributed by atoms with Gasteiger partial charge in [-0.05, 0) is 37.3 Å². The summed E-state index contributed by atoms with van der Waals surface area (Å²) < 4.78 is 12.0. The third-order valence-electron chi connectivity index (χ3n) is 3.26. The Kier molecular flexibility index (Phi) is 5.28. The van der Waals surface area contributed by atoms with Crippen molar-refractivity contribution in [2.45, 2.75) is 13.3 Å². The normalized spacial score (nSPS) is 10.5. The Morgan fingerprint density at radius 1 is 1.12 bits per heavy atom. The maximum atomic E-state index is 12.0. The van der Waals surface area contributed by atoms with E-state index in [2.05, 4.69) is 10.3 Å². The van der Waals surface area contributed by atoms with E-state index < -0.39 is 0 Å². The van der Waals surface area contributed by atoms with E-state index in [1.54, 1.807) is 0 Å². The maximum Gasteiger partial charge on any atom is 0.229 e. The van der Waals surface area contributed by atoms with E-state index in [9.17, 15) is 4.79 Å². The Morgan fingerprint density at radius 3 is 2.75 bits per heavy atom. The van der Waals surface area contributed by atoms with Crippen LogP contribution in [0.2, 0.25) is 0 Å². The molecule has 0 fully saturated rings. The number of carbonyl (C=O) groups excluding carboxylic acids is 1. The van der Waals surface area contributed by atoms with Gasteiger partial charge in [0.05, 0.1) is 29.9 Å². The van der Waals surface area contributed by atoms with Crippen molar-refractivity contribution in [3.8, 4) is 11.5 Å². The highest BCUT2D eigenvalue weighted by molar-refractivity contribution is 7.22. The SMILES string of the molecule is CCOc1ccc2nc(NC(=O)CCOc3ccccc3)sc2c1. The largest absolute Gasteiger partial charge is 0.494 e. The predicted molar refractivity (Wildman–Crippen MR) is 96.0 cm³/mol. The highest BCUT2D eigenvalue weighted by atomic mass is 32.1. The van der Waals surface area contributed by atoms with Gasteiger partial charge in [-0.2, -0.15) is 0 Å². The zero-order valence-corrected chi connectivity index (χ0v) is 14.1. The van der Waals surface area contributed by atoms with Crippen molar-refractivity contribution in [2.75, 3.05) is 18.5 Å². The fourth-order valence-corrected chi connectivity index (χ4v) is 3.09. The Hall–Kier alpha value is -2.60. The van der Waals surface area contributed by atoms with Crippen molar-refractivity contribution in [2.24, 2.45) is 0 Å². The summed E-state index contributed by atoms with van der Waals surface area (Å²) in [6, 6.07) is 15.1. The average Bonchev–Trinajstić information content (AvgIpc) is 2.97. The Morgan fingerprint density at radius 2 is 1.96 bits per heavy atom. The lowest BCUT2D eigenvalue weighted by molar-refractivity contribution is -0.116. The molecular weight excluding hydrogens is 324 g/mol. The van der Waals surface area contributed by atoms with E-state index in [1.807, 2.05) is 55.5 Å². The number of anilines is 1. The molecule has 3 aromatic rings. The van der Waals surface area contributed by atoms with Gasteiger partial charge in [0.25, 0.3) is 0 Å². The van der Waals surface area contributed by atoms with Crippen molar-refractivity contribution in [1.82, 2.24) is 4.98 Å². The van der Waals surface area contributed by atoms with E-state index in [-0.39, 0.29) is 12.3 Å². The van der Waals surface area contributed by atoms with Crippen molar-refractivity contribution in [3.05, 3.63) is 48.5 Å². The van der Waals surface area contributed by atoms with Crippen LogP contribution in [0.25, 0.3) is 10.2 Å². The highest BCUT2D eigenvalue weighted by Crippen LogP contribution is 2.29. The lowest BCUT2D eigenvalue weighted by Gasteiger charge is -2.05. The lowest BCUT2D eigenvalue weighted by atomic mass is 10.3. The zero-order chi connectivity index (χ0) is 16.8. The summed E-state index contributed by atoms with van der Waals surface area (Å²) in [6.45, 7) is 2.89. The van der Waals surface area contributed by atoms with Gasteiger partial charge in [-0.3, -0.25) is 4.79 Å². The van der Waals surface area contributed by atoms with Crippen LogP contribution in [0.5, 0.6) is 11.5 Å². The second-order valence-corrected chi connectivity index (χ2v) is 6.07. The summed E-state index contributed by atoms with van der Waals surface area (Å²) in [4.78, 5) is 16.4. The molecule has 1 N–H and O–H groups in total. The third kappa shape index (κ3) is 4.23. The Labute approximate surface area is 144 Å². The van der Waals surface area contributed by atoms with Crippen LogP contribution in [0.15, 0.2) is 48.5 Å². The summed E-state index contributed by atoms with van der Waals surface area (Å²) >= 11 is 1.43. The molecular formula is C18H18N2O3S. The number of aromatic nitrogens is 1. The van der Waals surface area contributed by atoms with Gasteiger partial charge in [0.15, 0.2) is 5.13 Å². The molecule has 5 nitrogen and oxygen atoms in total. The van der Waals surface area contributed by atoms with Crippen LogP contribution in [-0.4, -0.2) is 24.1 Å². The minimum atomic E-state index is -0.116. The number of hydrogen-bond acceptors (Lipinski definition) is 5. The first-order valence-electron chi connectivity index (χ1n) is 7.75. The smallest absolute Gasteiger partial charge is 0.229 e. The van der Waals surface area contributed by atoms with Crippen molar-refractivity contribution < 1.29 is 14.3 Å². The molecule has 0 radical (unpaired) electrons. The average molecular weight is 342 g/mol. The molecule has 3 rings (SSSR count). The molecule has 24 heavy (non-hydrogen) atoms. The molecule has 0 aliphatic carbocycles. The highest BCUT2D eigenvalue weighted by Gasteiger charge is 2.09. The number of nitrogens with one attached hydrogen (secondary N) is 1. The molecule has 0 aliphatic rings. The second kappa shape index (κ2) is 7.79. The number of benzene rings is 2. The third-order valence-corrected chi connectivity index (χ3v) is 4.19. The van der Waals surface area contributed by atoms with Gasteiger partial charge < -0.3 is 14.8 Å². The standard InChI is InChI=1S/C18H18N2O3S/c1-2-22-14-8-9-15-16(12-14)24-18(19-15)20-17(21)10-11-23-13-6-4-3-5-7-13/h3-9,12H,2,10-11H2,1H3,(H,19,20,21). The van der Waals surface area contributed by atoms with Gasteiger partial charge in [0.2, 0.25) is 5.91 Å². The second-order valence-electron chi connectivity index (χ2n) is 5.04. The first kappa shape index (κ1) is 16.3. The van der Waals surface area contributed by atoms with E-state index in [1.165, 1.54) is 11.3 Å². The van der Waals surface area contributed by atoms with Gasteiger partial charge in [-0.25, -0.2) is 4.98 Å². The van der Waals surface area contributed by atoms with Gasteiger partial charge in [-0.15, -0.1) is 0 Å². The van der Waals surface area contributed by atoms with Crippen molar-refractivity contribution in [3.63, 3.8) is 0 Å². The number of thiazole rings is 1. The number of rotatable bonds is 7. The van der Waals surface area contributed by atoms with E-state index in [0.717, 1.165) is 21.7 Å². The molecule has 0 atom stereocenters. The number of nitrogens with zero attached hydrogens (tertiary/aromatic N) is 1. The van der Waals surface area contributed by atoms with Crippen LogP contribution in [-0.2, 0) is 4.79 Å². The van der Waals surface area contributed by atoms with Crippen LogP contribution >= 0.6 is 11.3 Å². The quantitative estimate of drug-likeness (QED) is 0.702. The Bertz CT molecular complexity index is 818. The van der Waals surface area contributed by atoms with Crippen LogP contribution in [0.1, 0.15) is 13.3 Å². The van der Waals surface area contributed by atoms with E-state index >= 15 is 0 Å². The molecule has 0 saturated heterocycles. The summed E-state index contributed by atoms with van der Waals surface area (Å²) in [5, 5.41) is 3.40. The molecule has 1 heterocycles. The number of carbonyl (C=O) groups is 1. The molecule has 0 bridgehead atoms. The number of amides is 1. The summed E-state index contributed by atoms with van der Waals surface area (Å²) in [5.74, 6) is 1.45. The molecule has 2 aromatic carbocycles. The summed E-state index contributed by atoms with van der Waals surface area (Å²) in [7, 11) is 0. The topological polar surface area (TPSA) is 60.5 Å². The molecule has 0 aliphatic heterocycles. The maximum absolute atomic E-state index is 12.0. The van der Waals surface area contributed by atoms with E-state index in [0.29, 0.717) is 18.3 Å². The number of ether oxygens (including phenoxy) is 2. The molecule has 0 saturated carbocycles. The first-order valence-corrected chi connectivity index (χ1v) is 8.57. The fourth-order valence-electron chi connectivity index (χ4n) is 2.17. The molecule has 1 amide bonds. The van der Waals surface area contributed by atoms with Crippen LogP contribution < -0.4 is 14.8 Å². The van der Waals surface area contributed by atoms with Gasteiger partial charge in [-0.1, -0.05) is 29.5 Å². The van der Waals surface area contributed by atoms with E-state index in [4.69, 9.17) is 9.47 Å². The summed E-state index contributed by atoms with van der Waals surface area (Å²) in [5.41, 5.74) is 0.847. The fraction of sp³-hybridized carbons (Fsp3) is 0.222. The molecule has 1 aromatic heterocycles. The lowest BCUT2D eigenvalue weighted by Crippen LogP contribution is -2.14. The van der Waals surface area contributed by atoms with Gasteiger partial charge >= 0.3 is 0 Å². The van der Waals surface area contributed by atoms with Gasteiger partial charge in [0, 0.05) is 0 Å². The zero-order valence-electron chi connectivity index (χ0n) is 13.3. The minimum absolute atomic E-state index is 0.116. The van der Waals surface area contributed by atoms with Crippen molar-refractivity contribution >= 4 is 32.6 Å². The van der Waals surface area contributed by atoms with Crippen LogP contribution in [0.3, 0.4) is 0 Å². The van der Waals surface area contributed by atoms with Gasteiger partial charge in [0.1, 0.15) is 11.5 Å². The van der Waals surface area contributed by atoms with Crippen molar-refractivity contribution in [1.29, 1.82) is 0 Å².